The molecule has 0 N–H and O–H groups in total. The molecule has 0 rings (SSSR count). The van der Waals surface area contributed by atoms with Crippen molar-refractivity contribution < 1.29 is 12.4 Å². The second kappa shape index (κ2) is 5.63. The van der Waals surface area contributed by atoms with Crippen molar-refractivity contribution in [2.75, 3.05) is 0 Å². The van der Waals surface area contributed by atoms with Gasteiger partial charge in [0.2, 0.25) is 0 Å². The zero-order chi connectivity index (χ0) is 7.71. The van der Waals surface area contributed by atoms with Gasteiger partial charge in [0.15, 0.2) is 0 Å². The minimum Gasteiger partial charge on any atom is -1.00 e. The average Bonchev–Trinajstić information content (AvgIpc) is 1.14. The van der Waals surface area contributed by atoms with Crippen LogP contribution >= 0.6 is 0 Å². The van der Waals surface area contributed by atoms with Gasteiger partial charge in [-0.05, 0) is 0 Å². The molecule has 0 aliphatic carbocycles. The van der Waals surface area contributed by atoms with E-state index < -0.39 is 0 Å². The molecule has 64 valence electrons. The molecule has 0 unspecified atom stereocenters. The van der Waals surface area contributed by atoms with Gasteiger partial charge in [-0.1, -0.05) is 41.5 Å². The van der Waals surface area contributed by atoms with Crippen molar-refractivity contribution >= 4 is 23.1 Å². The van der Waals surface area contributed by atoms with E-state index in [9.17, 15) is 0 Å². The Kier molecular flexibility index (Phi) is 9.17. The van der Waals surface area contributed by atoms with Crippen molar-refractivity contribution in [1.82, 2.24) is 0 Å². The predicted octanol–water partition coefficient (Wildman–Crippen LogP) is -0.420. The van der Waals surface area contributed by atoms with E-state index >= 15 is 0 Å². The molecule has 0 heterocycles. The van der Waals surface area contributed by atoms with E-state index in [1.54, 1.807) is 0 Å². The number of rotatable bonds is 0. The molecule has 0 radical (unpaired) electrons. The maximum absolute atomic E-state index is 4.54. The topological polar surface area (TPSA) is 14.1 Å². The van der Waals surface area contributed by atoms with E-state index in [2.05, 4.69) is 46.9 Å². The molecule has 0 saturated heterocycles. The Hall–Kier alpha value is 1.02. The largest absolute Gasteiger partial charge is 2.00 e. The zero-order valence-electron chi connectivity index (χ0n) is 8.53. The Bertz CT molecular complexity index is 79.2. The molecule has 3 heteroatoms. The Balaban J connectivity index is -0.000000320. The van der Waals surface area contributed by atoms with Crippen molar-refractivity contribution in [1.29, 1.82) is 0 Å². The van der Waals surface area contributed by atoms with Crippen molar-refractivity contribution in [2.45, 2.75) is 52.6 Å². The van der Waals surface area contributed by atoms with E-state index in [4.69, 9.17) is 0 Å². The van der Waals surface area contributed by atoms with E-state index in [0.717, 1.165) is 0 Å². The molecule has 0 aromatic rings. The molecule has 1 nitrogen and oxygen atoms in total. The van der Waals surface area contributed by atoms with Crippen LogP contribution in [0.25, 0.3) is 5.32 Å². The van der Waals surface area contributed by atoms with Crippen LogP contribution in [0.4, 0.5) is 0 Å². The summed E-state index contributed by atoms with van der Waals surface area (Å²) in [5.41, 5.74) is 0.219. The van der Waals surface area contributed by atoms with Crippen LogP contribution in [0.2, 0.25) is 0 Å². The average molecular weight is 188 g/mol. The van der Waals surface area contributed by atoms with Crippen LogP contribution in [0.15, 0.2) is 0 Å². The summed E-state index contributed by atoms with van der Waals surface area (Å²) in [6.45, 7) is 12.7. The van der Waals surface area contributed by atoms with Gasteiger partial charge in [-0.15, -0.1) is 11.1 Å². The molecule has 0 spiro atoms. The SMILES string of the molecule is CC(C)(C)[N-]C(C)(C)C.[Cl-].[Mg+2]. The van der Waals surface area contributed by atoms with Gasteiger partial charge in [0, 0.05) is 0 Å². The third kappa shape index (κ3) is 18.2. The first-order valence-corrected chi connectivity index (χ1v) is 3.45. The molecule has 0 aromatic carbocycles. The zero-order valence-corrected chi connectivity index (χ0v) is 10.7. The van der Waals surface area contributed by atoms with Crippen molar-refractivity contribution in [3.8, 4) is 0 Å². The van der Waals surface area contributed by atoms with Crippen LogP contribution in [-0.2, 0) is 0 Å². The van der Waals surface area contributed by atoms with Gasteiger partial charge in [-0.2, -0.15) is 0 Å². The summed E-state index contributed by atoms with van der Waals surface area (Å²) >= 11 is 0. The normalized spacial score (nSPS) is 11.5. The fraction of sp³-hybridized carbons (Fsp3) is 1.00. The molecule has 11 heavy (non-hydrogen) atoms. The molecule has 0 bridgehead atoms. The van der Waals surface area contributed by atoms with Gasteiger partial charge >= 0.3 is 23.1 Å². The molecule has 0 aliphatic heterocycles. The van der Waals surface area contributed by atoms with Crippen LogP contribution in [-0.4, -0.2) is 34.1 Å². The van der Waals surface area contributed by atoms with Crippen molar-refractivity contribution in [3.05, 3.63) is 5.32 Å². The number of hydrogen-bond donors (Lipinski definition) is 0. The van der Waals surface area contributed by atoms with E-state index in [-0.39, 0.29) is 46.5 Å². The molecule has 0 atom stereocenters. The van der Waals surface area contributed by atoms with E-state index in [1.807, 2.05) is 0 Å². The Morgan fingerprint density at radius 3 is 0.909 bits per heavy atom. The first kappa shape index (κ1) is 17.9. The van der Waals surface area contributed by atoms with Gasteiger partial charge in [0.1, 0.15) is 0 Å². The molecule has 0 fully saturated rings. The van der Waals surface area contributed by atoms with Gasteiger partial charge in [-0.3, -0.25) is 0 Å². The third-order valence-corrected chi connectivity index (χ3v) is 0.671. The molecule has 0 aliphatic rings. The van der Waals surface area contributed by atoms with Gasteiger partial charge in [0.25, 0.3) is 0 Å². The maximum atomic E-state index is 4.54. The summed E-state index contributed by atoms with van der Waals surface area (Å²) in [6.07, 6.45) is 0. The molecular formula is C8H18ClMgN. The fourth-order valence-electron chi connectivity index (χ4n) is 1.01. The minimum absolute atomic E-state index is 0. The smallest absolute Gasteiger partial charge is 1.00 e. The standard InChI is InChI=1S/C8H18N.ClH.Mg/c1-7(2,3)9-8(4,5)6;;/h1-6H3;1H;/q-1;;+2/p-1. The first-order valence-electron chi connectivity index (χ1n) is 3.45. The van der Waals surface area contributed by atoms with Gasteiger partial charge < -0.3 is 17.7 Å². The molecular weight excluding hydrogens is 170 g/mol. The van der Waals surface area contributed by atoms with Crippen molar-refractivity contribution in [2.24, 2.45) is 0 Å². The van der Waals surface area contributed by atoms with E-state index in [0.29, 0.717) is 0 Å². The Morgan fingerprint density at radius 2 is 0.909 bits per heavy atom. The van der Waals surface area contributed by atoms with Crippen LogP contribution < -0.4 is 12.4 Å². The minimum atomic E-state index is 0. The Labute approximate surface area is 93.3 Å². The maximum Gasteiger partial charge on any atom is 2.00 e. The summed E-state index contributed by atoms with van der Waals surface area (Å²) in [6, 6.07) is 0. The van der Waals surface area contributed by atoms with E-state index in [1.165, 1.54) is 0 Å². The summed E-state index contributed by atoms with van der Waals surface area (Å²) in [5.74, 6) is 0. The van der Waals surface area contributed by atoms with Crippen LogP contribution in [0.3, 0.4) is 0 Å². The first-order chi connectivity index (χ1) is 3.71. The Morgan fingerprint density at radius 1 is 0.727 bits per heavy atom. The third-order valence-electron chi connectivity index (χ3n) is 0.671. The summed E-state index contributed by atoms with van der Waals surface area (Å²) in [5, 5.41) is 4.54. The quantitative estimate of drug-likeness (QED) is 0.458. The van der Waals surface area contributed by atoms with Crippen LogP contribution in [0.5, 0.6) is 0 Å². The van der Waals surface area contributed by atoms with Gasteiger partial charge in [0.05, 0.1) is 0 Å². The van der Waals surface area contributed by atoms with Crippen molar-refractivity contribution in [3.63, 3.8) is 0 Å². The van der Waals surface area contributed by atoms with Crippen LogP contribution in [0.1, 0.15) is 41.5 Å². The number of nitrogens with zero attached hydrogens (tertiary/aromatic N) is 1. The monoisotopic (exact) mass is 187 g/mol. The summed E-state index contributed by atoms with van der Waals surface area (Å²) < 4.78 is 0. The summed E-state index contributed by atoms with van der Waals surface area (Å²) in [7, 11) is 0. The summed E-state index contributed by atoms with van der Waals surface area (Å²) in [4.78, 5) is 0. The molecule has 0 saturated carbocycles. The second-order valence-electron chi connectivity index (χ2n) is 4.45. The number of hydrogen-bond acceptors (Lipinski definition) is 0. The number of halogens is 1. The molecule has 0 aromatic heterocycles. The fourth-order valence-corrected chi connectivity index (χ4v) is 1.01. The predicted molar refractivity (Wildman–Crippen MR) is 48.6 cm³/mol. The molecule has 0 amide bonds. The van der Waals surface area contributed by atoms with Crippen LogP contribution in [0, 0.1) is 0 Å². The second-order valence-corrected chi connectivity index (χ2v) is 4.45. The van der Waals surface area contributed by atoms with Gasteiger partial charge in [-0.25, -0.2) is 0 Å².